The van der Waals surface area contributed by atoms with Gasteiger partial charge in [0.15, 0.2) is 0 Å². The number of amides is 2. The quantitative estimate of drug-likeness (QED) is 0.426. The van der Waals surface area contributed by atoms with Crippen LogP contribution < -0.4 is 20.4 Å². The molecule has 0 saturated carbocycles. The lowest BCUT2D eigenvalue weighted by Crippen LogP contribution is -2.46. The molecule has 0 spiro atoms. The molecule has 1 heterocycles. The Morgan fingerprint density at radius 2 is 2.06 bits per heavy atom. The standard InChI is InChI=1S/C23H32N4O4/c1-24-23(30)21(10-5-15-28)27(17-29)20-9-4-7-18(22(20)26(2)3)8-6-16-31-19-11-13-25-14-12-19/h4,7,9,15,17,19,21,25H,5,10-14,16H2,1-3H3,(H,24,30). The Hall–Kier alpha value is -2.89. The Kier molecular flexibility index (Phi) is 10.0. The summed E-state index contributed by atoms with van der Waals surface area (Å²) in [5, 5.41) is 5.88. The van der Waals surface area contributed by atoms with Crippen molar-refractivity contribution < 1.29 is 19.1 Å². The Bertz CT molecular complexity index is 810. The predicted octanol–water partition coefficient (Wildman–Crippen LogP) is 0.929. The second kappa shape index (κ2) is 12.7. The van der Waals surface area contributed by atoms with Crippen LogP contribution in [0.3, 0.4) is 0 Å². The van der Waals surface area contributed by atoms with Gasteiger partial charge >= 0.3 is 0 Å². The van der Waals surface area contributed by atoms with E-state index in [4.69, 9.17) is 4.74 Å². The number of carbonyl (C=O) groups is 3. The van der Waals surface area contributed by atoms with Gasteiger partial charge in [-0.3, -0.25) is 9.59 Å². The fourth-order valence-electron chi connectivity index (χ4n) is 3.65. The van der Waals surface area contributed by atoms with E-state index in [1.807, 2.05) is 25.1 Å². The smallest absolute Gasteiger partial charge is 0.242 e. The lowest BCUT2D eigenvalue weighted by atomic mass is 10.1. The third-order valence-electron chi connectivity index (χ3n) is 5.20. The first-order valence-electron chi connectivity index (χ1n) is 10.5. The van der Waals surface area contributed by atoms with Gasteiger partial charge in [0, 0.05) is 27.6 Å². The number of aldehydes is 1. The number of ether oxygens (including phenoxy) is 1. The molecule has 168 valence electrons. The third-order valence-corrected chi connectivity index (χ3v) is 5.20. The molecular formula is C23H32N4O4. The number of hydrogen-bond donors (Lipinski definition) is 2. The molecule has 2 amide bonds. The van der Waals surface area contributed by atoms with Gasteiger partial charge in [0.25, 0.3) is 0 Å². The van der Waals surface area contributed by atoms with Crippen molar-refractivity contribution in [2.45, 2.75) is 37.8 Å². The van der Waals surface area contributed by atoms with Crippen LogP contribution in [0.1, 0.15) is 31.2 Å². The van der Waals surface area contributed by atoms with Crippen LogP contribution in [-0.4, -0.2) is 71.6 Å². The van der Waals surface area contributed by atoms with E-state index in [2.05, 4.69) is 22.5 Å². The molecule has 0 aliphatic carbocycles. The molecule has 1 aliphatic heterocycles. The van der Waals surface area contributed by atoms with Gasteiger partial charge in [-0.15, -0.1) is 0 Å². The Labute approximate surface area is 184 Å². The van der Waals surface area contributed by atoms with Crippen LogP contribution in [0.25, 0.3) is 0 Å². The molecule has 31 heavy (non-hydrogen) atoms. The van der Waals surface area contributed by atoms with Crippen molar-refractivity contribution in [3.05, 3.63) is 23.8 Å². The molecule has 8 heteroatoms. The molecule has 0 bridgehead atoms. The van der Waals surface area contributed by atoms with Crippen molar-refractivity contribution in [1.29, 1.82) is 0 Å². The van der Waals surface area contributed by atoms with Crippen molar-refractivity contribution in [3.63, 3.8) is 0 Å². The van der Waals surface area contributed by atoms with E-state index in [0.29, 0.717) is 18.7 Å². The summed E-state index contributed by atoms with van der Waals surface area (Å²) in [6.45, 7) is 2.26. The Morgan fingerprint density at radius 3 is 2.68 bits per heavy atom. The zero-order chi connectivity index (χ0) is 22.6. The summed E-state index contributed by atoms with van der Waals surface area (Å²) < 4.78 is 5.85. The highest BCUT2D eigenvalue weighted by Crippen LogP contribution is 2.33. The van der Waals surface area contributed by atoms with Crippen molar-refractivity contribution in [2.24, 2.45) is 0 Å². The predicted molar refractivity (Wildman–Crippen MR) is 121 cm³/mol. The second-order valence-electron chi connectivity index (χ2n) is 7.52. The summed E-state index contributed by atoms with van der Waals surface area (Å²) in [4.78, 5) is 38.6. The van der Waals surface area contributed by atoms with E-state index in [1.54, 1.807) is 12.1 Å². The van der Waals surface area contributed by atoms with E-state index in [-0.39, 0.29) is 24.9 Å². The molecule has 1 aromatic carbocycles. The molecule has 1 fully saturated rings. The average Bonchev–Trinajstić information content (AvgIpc) is 2.79. The number of anilines is 2. The van der Waals surface area contributed by atoms with Gasteiger partial charge in [-0.1, -0.05) is 17.9 Å². The van der Waals surface area contributed by atoms with Crippen LogP contribution in [0.15, 0.2) is 18.2 Å². The first kappa shape index (κ1) is 24.4. The topological polar surface area (TPSA) is 91.0 Å². The number of nitrogens with one attached hydrogen (secondary N) is 2. The van der Waals surface area contributed by atoms with Gasteiger partial charge in [0.05, 0.1) is 23.0 Å². The number of likely N-dealkylation sites (N-methyl/N-ethyl adjacent to an activating group) is 1. The summed E-state index contributed by atoms with van der Waals surface area (Å²) in [6.07, 6.45) is 3.97. The molecule has 1 atom stereocenters. The Balaban J connectivity index is 2.30. The van der Waals surface area contributed by atoms with Gasteiger partial charge in [0.2, 0.25) is 12.3 Å². The zero-order valence-corrected chi connectivity index (χ0v) is 18.5. The van der Waals surface area contributed by atoms with Crippen LogP contribution in [0.4, 0.5) is 11.4 Å². The highest BCUT2D eigenvalue weighted by Gasteiger charge is 2.28. The molecule has 1 unspecified atom stereocenters. The molecule has 8 nitrogen and oxygen atoms in total. The third kappa shape index (κ3) is 6.81. The number of carbonyl (C=O) groups excluding carboxylic acids is 3. The molecular weight excluding hydrogens is 396 g/mol. The maximum Gasteiger partial charge on any atom is 0.242 e. The first-order chi connectivity index (χ1) is 15.0. The maximum absolute atomic E-state index is 12.4. The summed E-state index contributed by atoms with van der Waals surface area (Å²) in [5.41, 5.74) is 2.02. The minimum Gasteiger partial charge on any atom is -0.375 e. The lowest BCUT2D eigenvalue weighted by molar-refractivity contribution is -0.123. The van der Waals surface area contributed by atoms with Crippen LogP contribution in [0, 0.1) is 11.8 Å². The molecule has 2 N–H and O–H groups in total. The minimum atomic E-state index is -0.794. The van der Waals surface area contributed by atoms with Gasteiger partial charge in [0.1, 0.15) is 18.9 Å². The fraction of sp³-hybridized carbons (Fsp3) is 0.522. The molecule has 1 saturated heterocycles. The van der Waals surface area contributed by atoms with E-state index >= 15 is 0 Å². The van der Waals surface area contributed by atoms with Crippen LogP contribution in [-0.2, 0) is 19.1 Å². The van der Waals surface area contributed by atoms with Crippen molar-refractivity contribution in [2.75, 3.05) is 50.6 Å². The van der Waals surface area contributed by atoms with E-state index < -0.39 is 6.04 Å². The van der Waals surface area contributed by atoms with E-state index in [0.717, 1.165) is 43.5 Å². The van der Waals surface area contributed by atoms with E-state index in [9.17, 15) is 14.4 Å². The molecule has 0 aromatic heterocycles. The summed E-state index contributed by atoms with van der Waals surface area (Å²) in [6, 6.07) is 4.66. The number of para-hydroxylation sites is 1. The highest BCUT2D eigenvalue weighted by atomic mass is 16.5. The summed E-state index contributed by atoms with van der Waals surface area (Å²) in [5.74, 6) is 5.89. The summed E-state index contributed by atoms with van der Waals surface area (Å²) in [7, 11) is 5.23. The van der Waals surface area contributed by atoms with Crippen molar-refractivity contribution in [3.8, 4) is 11.8 Å². The monoisotopic (exact) mass is 428 g/mol. The molecule has 1 aliphatic rings. The largest absolute Gasteiger partial charge is 0.375 e. The second-order valence-corrected chi connectivity index (χ2v) is 7.52. The number of benzene rings is 1. The van der Waals surface area contributed by atoms with Gasteiger partial charge in [-0.05, 0) is 44.5 Å². The first-order valence-corrected chi connectivity index (χ1v) is 10.5. The maximum atomic E-state index is 12.4. The molecule has 2 rings (SSSR count). The van der Waals surface area contributed by atoms with Gasteiger partial charge < -0.3 is 30.0 Å². The minimum absolute atomic E-state index is 0.174. The SMILES string of the molecule is CNC(=O)C(CCC=O)N(C=O)c1cccc(C#CCOC2CCNCC2)c1N(C)C. The van der Waals surface area contributed by atoms with Crippen LogP contribution in [0.5, 0.6) is 0 Å². The number of piperidine rings is 1. The van der Waals surface area contributed by atoms with Crippen molar-refractivity contribution in [1.82, 2.24) is 10.6 Å². The number of rotatable bonds is 10. The fourth-order valence-corrected chi connectivity index (χ4v) is 3.65. The number of nitrogens with zero attached hydrogens (tertiary/aromatic N) is 2. The van der Waals surface area contributed by atoms with Crippen LogP contribution in [0.2, 0.25) is 0 Å². The summed E-state index contributed by atoms with van der Waals surface area (Å²) >= 11 is 0. The Morgan fingerprint density at radius 1 is 1.32 bits per heavy atom. The van der Waals surface area contributed by atoms with Gasteiger partial charge in [-0.2, -0.15) is 0 Å². The number of hydrogen-bond acceptors (Lipinski definition) is 6. The molecule has 1 aromatic rings. The van der Waals surface area contributed by atoms with Crippen LogP contribution >= 0.6 is 0 Å². The zero-order valence-electron chi connectivity index (χ0n) is 18.5. The lowest BCUT2D eigenvalue weighted by Gasteiger charge is -2.30. The van der Waals surface area contributed by atoms with Gasteiger partial charge in [-0.25, -0.2) is 0 Å². The normalized spacial score (nSPS) is 14.7. The highest BCUT2D eigenvalue weighted by molar-refractivity contribution is 5.96. The molecule has 0 radical (unpaired) electrons. The van der Waals surface area contributed by atoms with E-state index in [1.165, 1.54) is 11.9 Å². The average molecular weight is 429 g/mol. The van der Waals surface area contributed by atoms with Crippen molar-refractivity contribution >= 4 is 30.0 Å².